The molecule has 1 aromatic carbocycles. The Morgan fingerprint density at radius 1 is 1.26 bits per heavy atom. The number of hydrogen-bond acceptors (Lipinski definition) is 2. The minimum Gasteiger partial charge on any atom is -0.384 e. The third-order valence-corrected chi connectivity index (χ3v) is 3.06. The summed E-state index contributed by atoms with van der Waals surface area (Å²) < 4.78 is 2.02. The number of nitrogens with zero attached hydrogens (tertiary/aromatic N) is 2. The summed E-state index contributed by atoms with van der Waals surface area (Å²) in [7, 11) is 0. The zero-order valence-corrected chi connectivity index (χ0v) is 11.9. The van der Waals surface area contributed by atoms with Crippen molar-refractivity contribution in [1.29, 1.82) is 0 Å². The maximum atomic E-state index is 6.27. The van der Waals surface area contributed by atoms with E-state index in [0.717, 1.165) is 22.9 Å². The van der Waals surface area contributed by atoms with Crippen LogP contribution in [0.3, 0.4) is 0 Å². The van der Waals surface area contributed by atoms with Gasteiger partial charge in [0.1, 0.15) is 11.6 Å². The van der Waals surface area contributed by atoms with Crippen LogP contribution in [0, 0.1) is 0 Å². The summed E-state index contributed by atoms with van der Waals surface area (Å²) in [5, 5.41) is 0. The van der Waals surface area contributed by atoms with E-state index in [9.17, 15) is 0 Å². The molecule has 0 aliphatic carbocycles. The van der Waals surface area contributed by atoms with Gasteiger partial charge in [-0.25, -0.2) is 4.98 Å². The highest BCUT2D eigenvalue weighted by Gasteiger charge is 2.24. The Kier molecular flexibility index (Phi) is 3.47. The van der Waals surface area contributed by atoms with Crippen LogP contribution in [-0.4, -0.2) is 9.55 Å². The van der Waals surface area contributed by atoms with Crippen molar-refractivity contribution in [2.45, 2.75) is 32.7 Å². The molecule has 0 saturated carbocycles. The van der Waals surface area contributed by atoms with Gasteiger partial charge in [0.25, 0.3) is 0 Å². The predicted octanol–water partition coefficient (Wildman–Crippen LogP) is 3.62. The zero-order chi connectivity index (χ0) is 14.0. The summed E-state index contributed by atoms with van der Waals surface area (Å²) in [6.45, 7) is 10.8. The average molecular weight is 255 g/mol. The summed E-state index contributed by atoms with van der Waals surface area (Å²) >= 11 is 0. The number of nitrogen functional groups attached to an aromatic ring is 1. The van der Waals surface area contributed by atoms with Gasteiger partial charge in [0.2, 0.25) is 0 Å². The smallest absolute Gasteiger partial charge is 0.142 e. The fraction of sp³-hybridized carbons (Fsp3) is 0.312. The van der Waals surface area contributed by atoms with Gasteiger partial charge in [-0.3, -0.25) is 0 Å². The summed E-state index contributed by atoms with van der Waals surface area (Å²) in [5.41, 5.74) is 8.21. The second-order valence-electron chi connectivity index (χ2n) is 5.68. The Hall–Kier alpha value is -2.03. The molecule has 0 saturated heterocycles. The van der Waals surface area contributed by atoms with E-state index >= 15 is 0 Å². The summed E-state index contributed by atoms with van der Waals surface area (Å²) in [6.07, 6.45) is 1.84. The minimum absolute atomic E-state index is 0.0694. The Labute approximate surface area is 114 Å². The molecule has 0 atom stereocenters. The van der Waals surface area contributed by atoms with Crippen molar-refractivity contribution in [2.24, 2.45) is 0 Å². The van der Waals surface area contributed by atoms with Gasteiger partial charge < -0.3 is 10.3 Å². The lowest BCUT2D eigenvalue weighted by Crippen LogP contribution is -2.15. The largest absolute Gasteiger partial charge is 0.384 e. The van der Waals surface area contributed by atoms with Crippen molar-refractivity contribution >= 4 is 5.82 Å². The van der Waals surface area contributed by atoms with Crippen molar-refractivity contribution in [2.75, 3.05) is 5.73 Å². The lowest BCUT2D eigenvalue weighted by Gasteiger charge is -2.16. The molecule has 0 bridgehead atoms. The number of benzene rings is 1. The van der Waals surface area contributed by atoms with E-state index in [1.54, 1.807) is 0 Å². The molecule has 0 unspecified atom stereocenters. The second kappa shape index (κ2) is 4.92. The van der Waals surface area contributed by atoms with E-state index in [-0.39, 0.29) is 5.41 Å². The molecule has 2 aromatic rings. The van der Waals surface area contributed by atoms with Gasteiger partial charge in [-0.2, -0.15) is 0 Å². The highest BCUT2D eigenvalue weighted by atomic mass is 15.1. The summed E-state index contributed by atoms with van der Waals surface area (Å²) in [5.74, 6) is 1.63. The van der Waals surface area contributed by atoms with Gasteiger partial charge in [0.15, 0.2) is 0 Å². The second-order valence-corrected chi connectivity index (χ2v) is 5.68. The first-order valence-electron chi connectivity index (χ1n) is 6.48. The lowest BCUT2D eigenvalue weighted by molar-refractivity contribution is 0.574. The summed E-state index contributed by atoms with van der Waals surface area (Å²) in [6, 6.07) is 10.1. The molecule has 0 aliphatic rings. The summed E-state index contributed by atoms with van der Waals surface area (Å²) in [4.78, 5) is 4.76. The van der Waals surface area contributed by atoms with Crippen LogP contribution in [0.15, 0.2) is 43.0 Å². The maximum Gasteiger partial charge on any atom is 0.142 e. The van der Waals surface area contributed by atoms with Gasteiger partial charge in [-0.05, 0) is 0 Å². The molecule has 2 N–H and O–H groups in total. The highest BCUT2D eigenvalue weighted by molar-refractivity contribution is 5.61. The number of nitrogens with two attached hydrogens (primary N) is 1. The van der Waals surface area contributed by atoms with Crippen molar-refractivity contribution in [3.63, 3.8) is 0 Å². The highest BCUT2D eigenvalue weighted by Crippen LogP contribution is 2.31. The van der Waals surface area contributed by atoms with E-state index < -0.39 is 0 Å². The van der Waals surface area contributed by atoms with Crippen LogP contribution in [0.5, 0.6) is 0 Å². The Balaban J connectivity index is 2.63. The van der Waals surface area contributed by atoms with Crippen LogP contribution in [0.25, 0.3) is 11.4 Å². The molecular formula is C16H21N3. The molecule has 2 rings (SSSR count). The van der Waals surface area contributed by atoms with E-state index in [1.807, 2.05) is 41.0 Å². The van der Waals surface area contributed by atoms with Crippen LogP contribution in [0.1, 0.15) is 26.5 Å². The molecule has 3 nitrogen and oxygen atoms in total. The van der Waals surface area contributed by atoms with Crippen molar-refractivity contribution in [1.82, 2.24) is 9.55 Å². The van der Waals surface area contributed by atoms with Crippen molar-refractivity contribution in [3.8, 4) is 11.4 Å². The molecule has 3 heteroatoms. The third-order valence-electron chi connectivity index (χ3n) is 3.06. The van der Waals surface area contributed by atoms with E-state index in [1.165, 1.54) is 0 Å². The fourth-order valence-corrected chi connectivity index (χ4v) is 2.14. The van der Waals surface area contributed by atoms with Crippen LogP contribution >= 0.6 is 0 Å². The molecule has 0 amide bonds. The number of rotatable bonds is 3. The molecule has 100 valence electrons. The number of hydrogen-bond donors (Lipinski definition) is 1. The topological polar surface area (TPSA) is 43.8 Å². The van der Waals surface area contributed by atoms with E-state index in [0.29, 0.717) is 6.54 Å². The van der Waals surface area contributed by atoms with Gasteiger partial charge in [0, 0.05) is 17.5 Å². The van der Waals surface area contributed by atoms with Gasteiger partial charge in [0.05, 0.1) is 5.69 Å². The van der Waals surface area contributed by atoms with Crippen molar-refractivity contribution in [3.05, 3.63) is 48.7 Å². The third kappa shape index (κ3) is 2.55. The number of allylic oxidation sites excluding steroid dienone is 1. The first-order valence-corrected chi connectivity index (χ1v) is 6.48. The predicted molar refractivity (Wildman–Crippen MR) is 81.0 cm³/mol. The number of imidazole rings is 1. The zero-order valence-electron chi connectivity index (χ0n) is 11.9. The Morgan fingerprint density at radius 2 is 1.89 bits per heavy atom. The fourth-order valence-electron chi connectivity index (χ4n) is 2.14. The van der Waals surface area contributed by atoms with Gasteiger partial charge >= 0.3 is 0 Å². The van der Waals surface area contributed by atoms with Gasteiger partial charge in [-0.1, -0.05) is 57.2 Å². The SMILES string of the molecule is C=CCn1c(-c2ccccc2)nc(C(C)(C)C)c1N. The minimum atomic E-state index is -0.0694. The molecule has 1 heterocycles. The Bertz CT molecular complexity index is 574. The Morgan fingerprint density at radius 3 is 2.42 bits per heavy atom. The monoisotopic (exact) mass is 255 g/mol. The molecule has 0 spiro atoms. The molecule has 19 heavy (non-hydrogen) atoms. The molecule has 0 radical (unpaired) electrons. The molecular weight excluding hydrogens is 234 g/mol. The first-order chi connectivity index (χ1) is 8.95. The average Bonchev–Trinajstić information content (AvgIpc) is 2.69. The van der Waals surface area contributed by atoms with E-state index in [2.05, 4.69) is 27.4 Å². The van der Waals surface area contributed by atoms with Crippen LogP contribution in [-0.2, 0) is 12.0 Å². The molecule has 1 aromatic heterocycles. The normalized spacial score (nSPS) is 11.5. The molecule has 0 fully saturated rings. The van der Waals surface area contributed by atoms with Crippen LogP contribution < -0.4 is 5.73 Å². The number of aromatic nitrogens is 2. The van der Waals surface area contributed by atoms with E-state index in [4.69, 9.17) is 10.7 Å². The quantitative estimate of drug-likeness (QED) is 0.851. The maximum absolute atomic E-state index is 6.27. The van der Waals surface area contributed by atoms with Crippen LogP contribution in [0.2, 0.25) is 0 Å². The van der Waals surface area contributed by atoms with Gasteiger partial charge in [-0.15, -0.1) is 6.58 Å². The van der Waals surface area contributed by atoms with Crippen molar-refractivity contribution < 1.29 is 0 Å². The van der Waals surface area contributed by atoms with Crippen LogP contribution in [0.4, 0.5) is 5.82 Å². The molecule has 0 aliphatic heterocycles. The number of anilines is 1. The standard InChI is InChI=1S/C16H21N3/c1-5-11-19-14(17)13(16(2,3)4)18-15(19)12-9-7-6-8-10-12/h5-10H,1,11,17H2,2-4H3. The first kappa shape index (κ1) is 13.4. The lowest BCUT2D eigenvalue weighted by atomic mass is 9.92.